The van der Waals surface area contributed by atoms with E-state index in [1.807, 2.05) is 70.5 Å². The lowest BCUT2D eigenvalue weighted by Crippen LogP contribution is -2.51. The summed E-state index contributed by atoms with van der Waals surface area (Å²) < 4.78 is 32.9. The highest BCUT2D eigenvalue weighted by Crippen LogP contribution is 2.26. The van der Waals surface area contributed by atoms with Crippen LogP contribution in [0.4, 0.5) is 0 Å². The van der Waals surface area contributed by atoms with Crippen LogP contribution in [-0.4, -0.2) is 79.4 Å². The Labute approximate surface area is 251 Å². The van der Waals surface area contributed by atoms with Gasteiger partial charge in [0.2, 0.25) is 21.8 Å². The number of sulfonamides is 1. The lowest BCUT2D eigenvalue weighted by molar-refractivity contribution is -0.136. The van der Waals surface area contributed by atoms with E-state index in [1.54, 1.807) is 20.1 Å². The van der Waals surface area contributed by atoms with Crippen molar-refractivity contribution in [1.29, 1.82) is 0 Å². The summed E-state index contributed by atoms with van der Waals surface area (Å²) in [6, 6.07) is 17.2. The summed E-state index contributed by atoms with van der Waals surface area (Å²) in [4.78, 5) is 30.5. The molecular weight excluding hydrogens is 550 g/mol. The van der Waals surface area contributed by atoms with Crippen LogP contribution < -0.4 is 4.74 Å². The van der Waals surface area contributed by atoms with Crippen LogP contribution in [0.3, 0.4) is 0 Å². The Kier molecular flexibility index (Phi) is 11.6. The predicted molar refractivity (Wildman–Crippen MR) is 166 cm³/mol. The number of carbonyl (C=O) groups excluding carboxylic acids is 2. The highest BCUT2D eigenvalue weighted by Gasteiger charge is 2.33. The van der Waals surface area contributed by atoms with Gasteiger partial charge in [0.25, 0.3) is 0 Å². The van der Waals surface area contributed by atoms with Crippen LogP contribution in [0.2, 0.25) is 0 Å². The zero-order valence-electron chi connectivity index (χ0n) is 25.0. The van der Waals surface area contributed by atoms with E-state index in [0.29, 0.717) is 44.9 Å². The second kappa shape index (κ2) is 15.3. The molecule has 0 atom stereocenters. The Morgan fingerprint density at radius 3 is 2.24 bits per heavy atom. The first-order valence-electron chi connectivity index (χ1n) is 15.2. The number of hydrogen-bond donors (Lipinski definition) is 0. The summed E-state index contributed by atoms with van der Waals surface area (Å²) in [6.45, 7) is 3.34. The summed E-state index contributed by atoms with van der Waals surface area (Å²) in [7, 11) is -1.93. The van der Waals surface area contributed by atoms with E-state index < -0.39 is 10.0 Å². The summed E-state index contributed by atoms with van der Waals surface area (Å²) >= 11 is 0. The van der Waals surface area contributed by atoms with Crippen molar-refractivity contribution in [1.82, 2.24) is 14.1 Å². The number of hydrogen-bond acceptors (Lipinski definition) is 5. The van der Waals surface area contributed by atoms with Crippen molar-refractivity contribution in [2.75, 3.05) is 39.0 Å². The Morgan fingerprint density at radius 1 is 0.952 bits per heavy atom. The lowest BCUT2D eigenvalue weighted by Gasteiger charge is -2.39. The molecule has 1 saturated carbocycles. The number of methoxy groups -OCH3 is 1. The zero-order chi connectivity index (χ0) is 30.0. The van der Waals surface area contributed by atoms with Crippen molar-refractivity contribution in [3.8, 4) is 5.75 Å². The van der Waals surface area contributed by atoms with Crippen molar-refractivity contribution in [2.24, 2.45) is 5.92 Å². The molecule has 2 amide bonds. The normalized spacial score (nSPS) is 17.1. The van der Waals surface area contributed by atoms with Crippen molar-refractivity contribution in [2.45, 2.75) is 64.5 Å². The molecule has 1 aliphatic carbocycles. The second-order valence-electron chi connectivity index (χ2n) is 11.4. The molecule has 4 rings (SSSR count). The summed E-state index contributed by atoms with van der Waals surface area (Å²) in [5.41, 5.74) is 1.92. The molecule has 2 aromatic carbocycles. The highest BCUT2D eigenvalue weighted by atomic mass is 32.2. The lowest BCUT2D eigenvalue weighted by atomic mass is 9.89. The number of benzene rings is 2. The Bertz CT molecular complexity index is 1280. The van der Waals surface area contributed by atoms with Crippen LogP contribution in [0.1, 0.15) is 63.0 Å². The van der Waals surface area contributed by atoms with Crippen LogP contribution in [0.5, 0.6) is 5.75 Å². The maximum atomic E-state index is 14.0. The fourth-order valence-electron chi connectivity index (χ4n) is 5.94. The van der Waals surface area contributed by atoms with Crippen LogP contribution in [0.25, 0.3) is 6.08 Å². The molecule has 8 nitrogen and oxygen atoms in total. The molecule has 1 saturated heterocycles. The van der Waals surface area contributed by atoms with Gasteiger partial charge in [-0.05, 0) is 67.9 Å². The maximum absolute atomic E-state index is 14.0. The molecule has 0 N–H and O–H groups in total. The fourth-order valence-corrected chi connectivity index (χ4v) is 7.05. The van der Waals surface area contributed by atoms with Gasteiger partial charge in [0, 0.05) is 38.3 Å². The van der Waals surface area contributed by atoms with Crippen LogP contribution in [0, 0.1) is 5.92 Å². The second-order valence-corrected chi connectivity index (χ2v) is 13.6. The third-order valence-electron chi connectivity index (χ3n) is 8.52. The topological polar surface area (TPSA) is 87.2 Å². The fraction of sp³-hybridized carbons (Fsp3) is 0.515. The van der Waals surface area contributed by atoms with Gasteiger partial charge >= 0.3 is 0 Å². The average molecular weight is 596 g/mol. The van der Waals surface area contributed by atoms with Crippen LogP contribution in [0.15, 0.2) is 60.7 Å². The number of rotatable bonds is 12. The Balaban J connectivity index is 1.47. The first kappa shape index (κ1) is 31.8. The van der Waals surface area contributed by atoms with Gasteiger partial charge in [-0.3, -0.25) is 9.59 Å². The largest absolute Gasteiger partial charge is 0.497 e. The van der Waals surface area contributed by atoms with Gasteiger partial charge in [-0.25, -0.2) is 8.42 Å². The minimum Gasteiger partial charge on any atom is -0.497 e. The molecule has 9 heteroatoms. The van der Waals surface area contributed by atoms with E-state index in [4.69, 9.17) is 4.74 Å². The van der Waals surface area contributed by atoms with Gasteiger partial charge in [-0.1, -0.05) is 61.7 Å². The van der Waals surface area contributed by atoms with E-state index in [0.717, 1.165) is 42.6 Å². The van der Waals surface area contributed by atoms with Gasteiger partial charge in [0.1, 0.15) is 5.75 Å². The minimum absolute atomic E-state index is 0.0253. The van der Waals surface area contributed by atoms with Gasteiger partial charge in [0.15, 0.2) is 0 Å². The number of likely N-dealkylation sites (tertiary alicyclic amines) is 1. The molecule has 1 aliphatic heterocycles. The maximum Gasteiger partial charge on any atom is 0.246 e. The van der Waals surface area contributed by atoms with E-state index in [1.165, 1.54) is 10.7 Å². The molecule has 42 heavy (non-hydrogen) atoms. The molecule has 0 spiro atoms. The Morgan fingerprint density at radius 2 is 1.62 bits per heavy atom. The first-order valence-corrected chi connectivity index (χ1v) is 16.8. The van der Waals surface area contributed by atoms with E-state index >= 15 is 0 Å². The van der Waals surface area contributed by atoms with E-state index in [9.17, 15) is 18.0 Å². The molecule has 2 aliphatic rings. The monoisotopic (exact) mass is 595 g/mol. The zero-order valence-corrected chi connectivity index (χ0v) is 25.8. The van der Waals surface area contributed by atoms with Crippen LogP contribution in [-0.2, 0) is 26.2 Å². The highest BCUT2D eigenvalue weighted by molar-refractivity contribution is 7.89. The molecular formula is C33H45N3O5S. The van der Waals surface area contributed by atoms with Crippen molar-refractivity contribution >= 4 is 27.9 Å². The molecule has 1 heterocycles. The molecule has 2 aromatic rings. The number of carbonyl (C=O) groups is 2. The molecule has 0 unspecified atom stereocenters. The third-order valence-corrected chi connectivity index (χ3v) is 10.3. The third kappa shape index (κ3) is 8.91. The predicted octanol–water partition coefficient (Wildman–Crippen LogP) is 4.96. The summed E-state index contributed by atoms with van der Waals surface area (Å²) in [6.07, 6.45) is 10.1. The molecule has 0 aromatic heterocycles. The van der Waals surface area contributed by atoms with Crippen molar-refractivity contribution < 1.29 is 22.7 Å². The first-order chi connectivity index (χ1) is 20.3. The number of ether oxygens (including phenoxy) is 1. The minimum atomic E-state index is -3.54. The average Bonchev–Trinajstić information content (AvgIpc) is 3.03. The van der Waals surface area contributed by atoms with Gasteiger partial charge in [0.05, 0.1) is 19.4 Å². The Hall–Kier alpha value is -3.17. The van der Waals surface area contributed by atoms with E-state index in [-0.39, 0.29) is 30.2 Å². The molecule has 2 fully saturated rings. The smallest absolute Gasteiger partial charge is 0.246 e. The van der Waals surface area contributed by atoms with Crippen molar-refractivity contribution in [3.63, 3.8) is 0 Å². The number of piperidine rings is 1. The summed E-state index contributed by atoms with van der Waals surface area (Å²) in [5.74, 6) is 0.772. The summed E-state index contributed by atoms with van der Waals surface area (Å²) in [5, 5.41) is 0. The molecule has 0 radical (unpaired) electrons. The SMILES string of the molecule is CCS(=O)(=O)N(CC(=O)N(Cc1ccc(OC)cc1)C1CCN(C(=O)C=Cc2ccccc2)CC1)CC1CCCCC1. The van der Waals surface area contributed by atoms with Crippen LogP contribution >= 0.6 is 0 Å². The van der Waals surface area contributed by atoms with Crippen molar-refractivity contribution in [3.05, 3.63) is 71.8 Å². The van der Waals surface area contributed by atoms with E-state index in [2.05, 4.69) is 0 Å². The number of amides is 2. The quantitative estimate of drug-likeness (QED) is 0.324. The number of nitrogens with zero attached hydrogens (tertiary/aromatic N) is 3. The van der Waals surface area contributed by atoms with Gasteiger partial charge in [-0.15, -0.1) is 0 Å². The van der Waals surface area contributed by atoms with Gasteiger partial charge < -0.3 is 14.5 Å². The standard InChI is InChI=1S/C33H45N3O5S/c1-3-42(39,40)35(24-28-12-8-5-9-13-28)26-33(38)36(25-29-14-17-31(41-2)18-15-29)30-20-22-34(23-21-30)32(37)19-16-27-10-6-4-7-11-27/h4,6-7,10-11,14-19,28,30H,3,5,8-9,12-13,20-26H2,1-2H3. The molecule has 0 bridgehead atoms. The van der Waals surface area contributed by atoms with Gasteiger partial charge in [-0.2, -0.15) is 4.31 Å². The molecule has 228 valence electrons.